The minimum atomic E-state index is -0.583. The highest BCUT2D eigenvalue weighted by molar-refractivity contribution is 5.95. The Balaban J connectivity index is 2.13. The van der Waals surface area contributed by atoms with E-state index < -0.39 is 5.91 Å². The maximum Gasteiger partial charge on any atom is 0.255 e. The molecule has 1 aromatic carbocycles. The summed E-state index contributed by atoms with van der Waals surface area (Å²) in [5.41, 5.74) is 11.0. The average Bonchev–Trinajstić information content (AvgIpc) is 3.01. The van der Waals surface area contributed by atoms with Crippen molar-refractivity contribution in [1.29, 1.82) is 0 Å². The van der Waals surface area contributed by atoms with Crippen molar-refractivity contribution >= 4 is 11.8 Å². The van der Waals surface area contributed by atoms with E-state index in [0.717, 1.165) is 25.7 Å². The Morgan fingerprint density at radius 3 is 2.52 bits per heavy atom. The predicted molar refractivity (Wildman–Crippen MR) is 85.4 cm³/mol. The van der Waals surface area contributed by atoms with E-state index in [1.807, 2.05) is 0 Å². The quantitative estimate of drug-likeness (QED) is 0.678. The summed E-state index contributed by atoms with van der Waals surface area (Å²) in [6.07, 6.45) is 3.93. The highest BCUT2D eigenvalue weighted by atomic mass is 16.5. The van der Waals surface area contributed by atoms with Gasteiger partial charge in [0.15, 0.2) is 18.1 Å². The molecule has 0 heterocycles. The van der Waals surface area contributed by atoms with E-state index in [4.69, 9.17) is 20.9 Å². The predicted octanol–water partition coefficient (Wildman–Crippen LogP) is 0.561. The number of rotatable bonds is 7. The number of ether oxygens (including phenoxy) is 2. The highest BCUT2D eigenvalue weighted by Gasteiger charge is 2.34. The lowest BCUT2D eigenvalue weighted by Gasteiger charge is -2.28. The molecule has 23 heavy (non-hydrogen) atoms. The molecular weight excluding hydrogens is 298 g/mol. The zero-order chi connectivity index (χ0) is 16.9. The average molecular weight is 321 g/mol. The molecule has 1 aliphatic rings. The fourth-order valence-electron chi connectivity index (χ4n) is 2.82. The third kappa shape index (κ3) is 4.13. The second-order valence-corrected chi connectivity index (χ2v) is 5.77. The molecule has 2 rings (SSSR count). The molecule has 1 fully saturated rings. The summed E-state index contributed by atoms with van der Waals surface area (Å²) in [6, 6.07) is 4.78. The van der Waals surface area contributed by atoms with Gasteiger partial charge in [-0.15, -0.1) is 0 Å². The molecule has 0 aromatic heterocycles. The molecule has 7 nitrogen and oxygen atoms in total. The van der Waals surface area contributed by atoms with E-state index in [-0.39, 0.29) is 18.1 Å². The molecular formula is C16H23N3O4. The van der Waals surface area contributed by atoms with Gasteiger partial charge in [0.2, 0.25) is 0 Å². The lowest BCUT2D eigenvalue weighted by molar-refractivity contribution is -0.119. The molecule has 0 spiro atoms. The molecule has 0 atom stereocenters. The van der Waals surface area contributed by atoms with Gasteiger partial charge in [0.25, 0.3) is 11.8 Å². The molecule has 0 aliphatic heterocycles. The van der Waals surface area contributed by atoms with Crippen molar-refractivity contribution in [3.63, 3.8) is 0 Å². The number of amides is 2. The molecule has 7 heteroatoms. The first-order valence-corrected chi connectivity index (χ1v) is 7.61. The molecule has 1 aliphatic carbocycles. The van der Waals surface area contributed by atoms with Crippen molar-refractivity contribution in [3.05, 3.63) is 23.8 Å². The number of carbonyl (C=O) groups excluding carboxylic acids is 2. The summed E-state index contributed by atoms with van der Waals surface area (Å²) in [6.45, 7) is 0.174. The van der Waals surface area contributed by atoms with Gasteiger partial charge >= 0.3 is 0 Å². The van der Waals surface area contributed by atoms with E-state index >= 15 is 0 Å². The normalized spacial score (nSPS) is 15.9. The number of methoxy groups -OCH3 is 1. The lowest BCUT2D eigenvalue weighted by atomic mass is 9.97. The van der Waals surface area contributed by atoms with Crippen LogP contribution < -0.4 is 26.3 Å². The first kappa shape index (κ1) is 17.1. The van der Waals surface area contributed by atoms with Gasteiger partial charge in [-0.3, -0.25) is 9.59 Å². The number of hydrogen-bond donors (Lipinski definition) is 3. The Morgan fingerprint density at radius 2 is 1.96 bits per heavy atom. The Hall–Kier alpha value is -2.28. The molecule has 0 saturated heterocycles. The zero-order valence-corrected chi connectivity index (χ0v) is 13.3. The van der Waals surface area contributed by atoms with Gasteiger partial charge in [-0.2, -0.15) is 0 Å². The fourth-order valence-corrected chi connectivity index (χ4v) is 2.82. The van der Waals surface area contributed by atoms with Crippen LogP contribution >= 0.6 is 0 Å². The topological polar surface area (TPSA) is 117 Å². The van der Waals surface area contributed by atoms with Gasteiger partial charge in [-0.1, -0.05) is 12.8 Å². The van der Waals surface area contributed by atoms with Gasteiger partial charge in [-0.25, -0.2) is 0 Å². The summed E-state index contributed by atoms with van der Waals surface area (Å²) in [7, 11) is 1.46. The minimum absolute atomic E-state index is 0.197. The number of carbonyl (C=O) groups is 2. The molecule has 1 saturated carbocycles. The highest BCUT2D eigenvalue weighted by Crippen LogP contribution is 2.31. The van der Waals surface area contributed by atoms with Crippen LogP contribution in [0.4, 0.5) is 0 Å². The molecule has 0 bridgehead atoms. The van der Waals surface area contributed by atoms with Crippen LogP contribution in [0.15, 0.2) is 18.2 Å². The summed E-state index contributed by atoms with van der Waals surface area (Å²) in [5.74, 6) is -0.0542. The zero-order valence-electron chi connectivity index (χ0n) is 13.3. The van der Waals surface area contributed by atoms with Crippen molar-refractivity contribution in [1.82, 2.24) is 5.32 Å². The fraction of sp³-hybridized carbons (Fsp3) is 0.500. The van der Waals surface area contributed by atoms with E-state index in [9.17, 15) is 9.59 Å². The Kier molecular flexibility index (Phi) is 5.44. The lowest BCUT2D eigenvalue weighted by Crippen LogP contribution is -2.51. The SMILES string of the molecule is COc1cc(C(=O)NC2(CN)CCCC2)ccc1OCC(N)=O. The van der Waals surface area contributed by atoms with Crippen molar-refractivity contribution in [2.45, 2.75) is 31.2 Å². The van der Waals surface area contributed by atoms with Gasteiger partial charge in [0, 0.05) is 12.1 Å². The minimum Gasteiger partial charge on any atom is -0.493 e. The second-order valence-electron chi connectivity index (χ2n) is 5.77. The Bertz CT molecular complexity index is 583. The smallest absolute Gasteiger partial charge is 0.255 e. The van der Waals surface area contributed by atoms with Crippen LogP contribution in [0.2, 0.25) is 0 Å². The van der Waals surface area contributed by atoms with E-state index in [0.29, 0.717) is 23.6 Å². The number of hydrogen-bond acceptors (Lipinski definition) is 5. The molecule has 0 unspecified atom stereocenters. The summed E-state index contributed by atoms with van der Waals surface area (Å²) in [4.78, 5) is 23.3. The van der Waals surface area contributed by atoms with Crippen LogP contribution in [0.3, 0.4) is 0 Å². The van der Waals surface area contributed by atoms with Crippen molar-refractivity contribution in [3.8, 4) is 11.5 Å². The van der Waals surface area contributed by atoms with Crippen LogP contribution in [0.1, 0.15) is 36.0 Å². The van der Waals surface area contributed by atoms with Gasteiger partial charge < -0.3 is 26.3 Å². The van der Waals surface area contributed by atoms with Crippen LogP contribution in [0, 0.1) is 0 Å². The molecule has 2 amide bonds. The number of nitrogens with two attached hydrogens (primary N) is 2. The Morgan fingerprint density at radius 1 is 1.26 bits per heavy atom. The maximum atomic E-state index is 12.5. The van der Waals surface area contributed by atoms with Gasteiger partial charge in [-0.05, 0) is 31.0 Å². The standard InChI is InChI=1S/C16H23N3O4/c1-22-13-8-11(4-5-12(13)23-9-14(18)20)15(21)19-16(10-17)6-2-3-7-16/h4-5,8H,2-3,6-7,9-10,17H2,1H3,(H2,18,20)(H,19,21). The van der Waals surface area contributed by atoms with Crippen LogP contribution in [-0.2, 0) is 4.79 Å². The monoisotopic (exact) mass is 321 g/mol. The summed E-state index contributed by atoms with van der Waals surface area (Å²) >= 11 is 0. The third-order valence-corrected chi connectivity index (χ3v) is 4.13. The number of benzene rings is 1. The van der Waals surface area contributed by atoms with Crippen LogP contribution in [-0.4, -0.2) is 37.6 Å². The van der Waals surface area contributed by atoms with Crippen molar-refractivity contribution < 1.29 is 19.1 Å². The van der Waals surface area contributed by atoms with Crippen LogP contribution in [0.25, 0.3) is 0 Å². The first-order chi connectivity index (χ1) is 11.0. The van der Waals surface area contributed by atoms with Gasteiger partial charge in [0.05, 0.1) is 12.6 Å². The molecule has 126 valence electrons. The summed E-state index contributed by atoms with van der Waals surface area (Å²) < 4.78 is 10.5. The summed E-state index contributed by atoms with van der Waals surface area (Å²) in [5, 5.41) is 3.04. The van der Waals surface area contributed by atoms with Gasteiger partial charge in [0.1, 0.15) is 0 Å². The number of nitrogens with one attached hydrogen (secondary N) is 1. The number of primary amides is 1. The van der Waals surface area contributed by atoms with E-state index in [1.54, 1.807) is 18.2 Å². The second kappa shape index (κ2) is 7.32. The first-order valence-electron chi connectivity index (χ1n) is 7.61. The van der Waals surface area contributed by atoms with E-state index in [1.165, 1.54) is 7.11 Å². The van der Waals surface area contributed by atoms with Crippen molar-refractivity contribution in [2.24, 2.45) is 11.5 Å². The largest absolute Gasteiger partial charge is 0.493 e. The molecule has 5 N–H and O–H groups in total. The molecule has 1 aromatic rings. The maximum absolute atomic E-state index is 12.5. The third-order valence-electron chi connectivity index (χ3n) is 4.13. The molecule has 0 radical (unpaired) electrons. The Labute approximate surface area is 135 Å². The van der Waals surface area contributed by atoms with E-state index in [2.05, 4.69) is 5.32 Å². The van der Waals surface area contributed by atoms with Crippen molar-refractivity contribution in [2.75, 3.05) is 20.3 Å². The van der Waals surface area contributed by atoms with Crippen LogP contribution in [0.5, 0.6) is 11.5 Å².